The Morgan fingerprint density at radius 2 is 0.405 bits per heavy atom. The minimum absolute atomic E-state index is 0.194. The summed E-state index contributed by atoms with van der Waals surface area (Å²) in [5, 5.41) is 9.07. The van der Waals surface area contributed by atoms with Gasteiger partial charge in [-0.05, 0) is 0 Å². The van der Waals surface area contributed by atoms with Crippen molar-refractivity contribution in [3.05, 3.63) is 0 Å². The molecule has 37 heavy (non-hydrogen) atoms. The molecule has 0 heterocycles. The van der Waals surface area contributed by atoms with Gasteiger partial charge in [-0.2, -0.15) is 13.2 Å². The van der Waals surface area contributed by atoms with Crippen LogP contribution >= 0.6 is 232 Å². The number of carboxylic acid groups (broad SMARTS) is 1. The summed E-state index contributed by atoms with van der Waals surface area (Å²) in [6.07, 6.45) is -5.08. The molecule has 0 aromatic rings. The largest absolute Gasteiger partial charge is 0.490 e. The quantitative estimate of drug-likeness (QED) is 0.246. The van der Waals surface area contributed by atoms with Crippen molar-refractivity contribution in [3.63, 3.8) is 0 Å². The van der Waals surface area contributed by atoms with Crippen LogP contribution in [-0.4, -0.2) is 70.6 Å². The molecule has 0 unspecified atom stereocenters. The van der Waals surface area contributed by atoms with Gasteiger partial charge < -0.3 is 5.11 Å². The highest BCUT2D eigenvalue weighted by Gasteiger charge is 2.38. The smallest absolute Gasteiger partial charge is 0.475 e. The summed E-state index contributed by atoms with van der Waals surface area (Å²) in [5.41, 5.74) is 0. The second-order valence-corrected chi connectivity index (χ2v) is 9.89. The first-order chi connectivity index (χ1) is 17.1. The number of hydrogen-bond acceptors (Lipinski definition) is 1. The number of carboxylic acids is 1. The summed E-state index contributed by atoms with van der Waals surface area (Å²) in [5.74, 6) is -2.76. The van der Waals surface area contributed by atoms with Gasteiger partial charge in [-0.15, -0.1) is 232 Å². The molecule has 242 valence electrons. The van der Waals surface area contributed by atoms with Gasteiger partial charge in [-0.1, -0.05) is 0 Å². The molecule has 0 atom stereocenters. The molecule has 0 rings (SSSR count). The Morgan fingerprint density at radius 1 is 0.378 bits per heavy atom. The van der Waals surface area contributed by atoms with E-state index in [-0.39, 0.29) is 53.4 Å². The van der Waals surface area contributed by atoms with E-state index in [1.807, 2.05) is 0 Å². The van der Waals surface area contributed by atoms with E-state index in [2.05, 4.69) is 0 Å². The minimum atomic E-state index is -5.08. The molecule has 0 radical (unpaired) electrons. The number of aliphatic carboxylic acids is 1. The maximum absolute atomic E-state index is 10.6. The zero-order chi connectivity index (χ0) is 33.1. The minimum Gasteiger partial charge on any atom is -0.475 e. The van der Waals surface area contributed by atoms with Gasteiger partial charge in [-0.3, -0.25) is 0 Å². The molecular weight excluding hydrogens is 942 g/mol. The summed E-state index contributed by atoms with van der Waals surface area (Å²) >= 11 is 95.3. The second kappa shape index (κ2) is 114. The zero-order valence-corrected chi connectivity index (χ0v) is 32.7. The summed E-state index contributed by atoms with van der Waals surface area (Å²) in [4.78, 5) is 8.90. The first-order valence-corrected chi connectivity index (χ1v) is 17.3. The Hall–Kier alpha value is 5.06. The first kappa shape index (κ1) is 73.5. The summed E-state index contributed by atoms with van der Waals surface area (Å²) < 4.78 is 31.7. The Balaban J connectivity index is -0.0000000228. The monoisotopic (exact) mass is 954 g/mol. The van der Waals surface area contributed by atoms with Crippen LogP contribution in [0.4, 0.5) is 13.2 Å². The average molecular weight is 963 g/mol. The highest BCUT2D eigenvalue weighted by molar-refractivity contribution is 6.43. The van der Waals surface area contributed by atoms with E-state index in [1.165, 1.54) is 0 Å². The lowest BCUT2D eigenvalue weighted by atomic mass is 10.7. The molecule has 0 aromatic heterocycles. The predicted octanol–water partition coefficient (Wildman–Crippen LogP) is 14.8. The number of rotatable bonds is 0. The van der Waals surface area contributed by atoms with E-state index < -0.39 is 12.1 Å². The highest BCUT2D eigenvalue weighted by atomic mass is 35.6. The van der Waals surface area contributed by atoms with Crippen LogP contribution in [0.1, 0.15) is 0 Å². The lowest BCUT2D eigenvalue weighted by molar-refractivity contribution is -0.192. The van der Waals surface area contributed by atoms with E-state index in [9.17, 15) is 13.2 Å². The fourth-order valence-corrected chi connectivity index (χ4v) is 0. The number of carbonyl (C=O) groups is 1. The van der Waals surface area contributed by atoms with E-state index in [0.29, 0.717) is 0 Å². The van der Waals surface area contributed by atoms with Gasteiger partial charge >= 0.3 is 12.1 Å². The van der Waals surface area contributed by atoms with Crippen LogP contribution in [0.2, 0.25) is 0 Å². The molecule has 2 nitrogen and oxygen atoms in total. The topological polar surface area (TPSA) is 37.3 Å². The van der Waals surface area contributed by atoms with Crippen molar-refractivity contribution < 1.29 is 23.1 Å². The van der Waals surface area contributed by atoms with Crippen molar-refractivity contribution in [2.24, 2.45) is 0 Å². The molecule has 0 aromatic carbocycles. The first-order valence-electron chi connectivity index (χ1n) is 6.59. The molecule has 0 aliphatic heterocycles. The van der Waals surface area contributed by atoms with Gasteiger partial charge in [0.05, 0.1) is 53.4 Å². The second-order valence-electron chi connectivity index (χ2n) is 1.81. The van der Waals surface area contributed by atoms with E-state index in [1.54, 1.807) is 0 Å². The third-order valence-electron chi connectivity index (χ3n) is 0.243. The Labute approximate surface area is 316 Å². The molecule has 1 N–H and O–H groups in total. The van der Waals surface area contributed by atoms with Crippen LogP contribution in [0.15, 0.2) is 0 Å². The SMILES string of the molecule is ClCCl.ClCCl.ClCCl.ClCCl.ClCCl.ClCCl.ClCCl.ClCCl.ClCCl.ClCCl.O=C(O)C(F)(F)F. The third kappa shape index (κ3) is 512. The van der Waals surface area contributed by atoms with Gasteiger partial charge in [-0.25, -0.2) is 4.79 Å². The Kier molecular flexibility index (Phi) is 226. The van der Waals surface area contributed by atoms with Gasteiger partial charge in [0.15, 0.2) is 0 Å². The van der Waals surface area contributed by atoms with Gasteiger partial charge in [0.25, 0.3) is 0 Å². The Bertz CT molecular complexity index is 206. The molecule has 25 heteroatoms. The van der Waals surface area contributed by atoms with Crippen molar-refractivity contribution in [2.45, 2.75) is 6.18 Å². The van der Waals surface area contributed by atoms with Gasteiger partial charge in [0.1, 0.15) is 0 Å². The predicted molar refractivity (Wildman–Crippen MR) is 179 cm³/mol. The van der Waals surface area contributed by atoms with Crippen LogP contribution in [0.25, 0.3) is 0 Å². The van der Waals surface area contributed by atoms with Gasteiger partial charge in [0, 0.05) is 0 Å². The summed E-state index contributed by atoms with van der Waals surface area (Å²) in [7, 11) is 0. The molecular formula is C12H21Cl20F3O2. The molecule has 0 spiro atoms. The molecule has 0 fully saturated rings. The standard InChI is InChI=1S/C2HF3O2.10CH2Cl2/c3-2(4,5)1(6)7;10*2-1-3/h(H,6,7);10*1H2. The van der Waals surface area contributed by atoms with Crippen molar-refractivity contribution in [3.8, 4) is 0 Å². The normalized spacial score (nSPS) is 7.00. The van der Waals surface area contributed by atoms with Crippen LogP contribution in [-0.2, 0) is 4.79 Å². The molecule has 0 saturated heterocycles. The lowest BCUT2D eigenvalue weighted by Gasteiger charge is -1.93. The third-order valence-corrected chi connectivity index (χ3v) is 0.243. The van der Waals surface area contributed by atoms with Crippen LogP contribution in [0, 0.1) is 0 Å². The molecule has 0 bridgehead atoms. The van der Waals surface area contributed by atoms with Crippen molar-refractivity contribution in [2.75, 3.05) is 53.4 Å². The molecule has 0 amide bonds. The van der Waals surface area contributed by atoms with Crippen molar-refractivity contribution in [1.82, 2.24) is 0 Å². The fourth-order valence-electron chi connectivity index (χ4n) is 0. The van der Waals surface area contributed by atoms with Crippen molar-refractivity contribution in [1.29, 1.82) is 0 Å². The van der Waals surface area contributed by atoms with Crippen LogP contribution in [0.3, 0.4) is 0 Å². The lowest BCUT2D eigenvalue weighted by Crippen LogP contribution is -2.21. The molecule has 0 aliphatic rings. The number of halogens is 23. The fraction of sp³-hybridized carbons (Fsp3) is 0.917. The summed E-state index contributed by atoms with van der Waals surface area (Å²) in [6, 6.07) is 0. The number of hydrogen-bond donors (Lipinski definition) is 1. The maximum Gasteiger partial charge on any atom is 0.490 e. The average Bonchev–Trinajstić information content (AvgIpc) is 2.73. The number of alkyl halides is 23. The van der Waals surface area contributed by atoms with Gasteiger partial charge in [0.2, 0.25) is 0 Å². The van der Waals surface area contributed by atoms with Crippen molar-refractivity contribution >= 4 is 238 Å². The Morgan fingerprint density at radius 3 is 0.405 bits per heavy atom. The van der Waals surface area contributed by atoms with Crippen LogP contribution in [0.5, 0.6) is 0 Å². The van der Waals surface area contributed by atoms with Crippen LogP contribution < -0.4 is 0 Å². The maximum atomic E-state index is 10.6. The molecule has 0 aliphatic carbocycles. The molecule has 0 saturated carbocycles. The van der Waals surface area contributed by atoms with E-state index in [0.717, 1.165) is 0 Å². The highest BCUT2D eigenvalue weighted by Crippen LogP contribution is 2.13. The summed E-state index contributed by atoms with van der Waals surface area (Å²) in [6.45, 7) is 0. The zero-order valence-electron chi connectivity index (χ0n) is 17.6. The van der Waals surface area contributed by atoms with E-state index in [4.69, 9.17) is 242 Å². The van der Waals surface area contributed by atoms with E-state index >= 15 is 0 Å².